The van der Waals surface area contributed by atoms with E-state index in [1.165, 1.54) is 16.7 Å². The molecule has 0 saturated heterocycles. The minimum Gasteiger partial charge on any atom is -0.271 e. The van der Waals surface area contributed by atoms with E-state index in [2.05, 4.69) is 53.4 Å². The van der Waals surface area contributed by atoms with Crippen LogP contribution in [0.4, 0.5) is 0 Å². The van der Waals surface area contributed by atoms with E-state index in [1.807, 2.05) is 18.2 Å². The maximum absolute atomic E-state index is 6.04. The molecule has 20 heavy (non-hydrogen) atoms. The molecule has 106 valence electrons. The summed E-state index contributed by atoms with van der Waals surface area (Å²) in [5, 5.41) is 0.705. The molecule has 2 nitrogen and oxygen atoms in total. The van der Waals surface area contributed by atoms with Crippen LogP contribution in [0.2, 0.25) is 5.02 Å². The van der Waals surface area contributed by atoms with Gasteiger partial charge in [-0.3, -0.25) is 11.3 Å². The lowest BCUT2D eigenvalue weighted by molar-refractivity contribution is 0.550. The molecule has 0 aliphatic rings. The van der Waals surface area contributed by atoms with Crippen molar-refractivity contribution >= 4 is 27.5 Å². The average molecular weight is 354 g/mol. The van der Waals surface area contributed by atoms with Crippen molar-refractivity contribution in [3.63, 3.8) is 0 Å². The summed E-state index contributed by atoms with van der Waals surface area (Å²) in [4.78, 5) is 0. The average Bonchev–Trinajstić information content (AvgIpc) is 2.43. The van der Waals surface area contributed by atoms with Gasteiger partial charge in [0, 0.05) is 4.47 Å². The van der Waals surface area contributed by atoms with Gasteiger partial charge in [0.25, 0.3) is 0 Å². The van der Waals surface area contributed by atoms with Crippen LogP contribution in [-0.2, 0) is 6.42 Å². The highest BCUT2D eigenvalue weighted by Crippen LogP contribution is 2.28. The van der Waals surface area contributed by atoms with Crippen LogP contribution in [0, 0.1) is 13.8 Å². The van der Waals surface area contributed by atoms with Crippen LogP contribution in [0.25, 0.3) is 0 Å². The standard InChI is InChI=1S/C16H18BrClN2/c1-10-3-4-11(2)13(7-10)9-16(20-19)12-5-6-15(18)14(17)8-12/h3-8,16,20H,9,19H2,1-2H3. The van der Waals surface area contributed by atoms with Gasteiger partial charge in [0.1, 0.15) is 0 Å². The van der Waals surface area contributed by atoms with Gasteiger partial charge in [-0.2, -0.15) is 0 Å². The van der Waals surface area contributed by atoms with Crippen LogP contribution in [0.15, 0.2) is 40.9 Å². The minimum atomic E-state index is 0.0593. The van der Waals surface area contributed by atoms with Crippen molar-refractivity contribution in [3.8, 4) is 0 Å². The van der Waals surface area contributed by atoms with Crippen molar-refractivity contribution in [2.45, 2.75) is 26.3 Å². The molecule has 1 unspecified atom stereocenters. The number of aryl methyl sites for hydroxylation is 2. The van der Waals surface area contributed by atoms with Gasteiger partial charge in [0.05, 0.1) is 11.1 Å². The van der Waals surface area contributed by atoms with Crippen LogP contribution >= 0.6 is 27.5 Å². The minimum absolute atomic E-state index is 0.0593. The maximum Gasteiger partial charge on any atom is 0.0548 e. The van der Waals surface area contributed by atoms with Gasteiger partial charge in [0.2, 0.25) is 0 Å². The largest absolute Gasteiger partial charge is 0.271 e. The van der Waals surface area contributed by atoms with E-state index < -0.39 is 0 Å². The molecule has 0 heterocycles. The molecule has 0 saturated carbocycles. The van der Waals surface area contributed by atoms with Gasteiger partial charge in [0.15, 0.2) is 0 Å². The van der Waals surface area contributed by atoms with Gasteiger partial charge in [-0.05, 0) is 65.0 Å². The molecule has 0 aliphatic heterocycles. The van der Waals surface area contributed by atoms with Crippen molar-refractivity contribution in [2.75, 3.05) is 0 Å². The first-order valence-corrected chi connectivity index (χ1v) is 7.65. The van der Waals surface area contributed by atoms with E-state index in [9.17, 15) is 0 Å². The van der Waals surface area contributed by atoms with Crippen molar-refractivity contribution in [1.82, 2.24) is 5.43 Å². The van der Waals surface area contributed by atoms with Gasteiger partial charge in [-0.25, -0.2) is 0 Å². The highest BCUT2D eigenvalue weighted by Gasteiger charge is 2.13. The summed E-state index contributed by atoms with van der Waals surface area (Å²) < 4.78 is 0.887. The van der Waals surface area contributed by atoms with Gasteiger partial charge >= 0.3 is 0 Å². The van der Waals surface area contributed by atoms with Crippen molar-refractivity contribution < 1.29 is 0 Å². The number of nitrogens with one attached hydrogen (secondary N) is 1. The second-order valence-corrected chi connectivity index (χ2v) is 6.29. The molecular weight excluding hydrogens is 336 g/mol. The zero-order valence-electron chi connectivity index (χ0n) is 11.6. The number of hydrogen-bond acceptors (Lipinski definition) is 2. The summed E-state index contributed by atoms with van der Waals surface area (Å²) in [6.07, 6.45) is 0.845. The molecule has 0 bridgehead atoms. The summed E-state index contributed by atoms with van der Waals surface area (Å²) in [5.41, 5.74) is 7.86. The predicted molar refractivity (Wildman–Crippen MR) is 88.8 cm³/mol. The first-order valence-electron chi connectivity index (χ1n) is 6.48. The predicted octanol–water partition coefficient (Wildman–Crippen LogP) is 4.47. The van der Waals surface area contributed by atoms with Crippen LogP contribution < -0.4 is 11.3 Å². The van der Waals surface area contributed by atoms with Crippen LogP contribution in [0.1, 0.15) is 28.3 Å². The molecule has 0 fully saturated rings. The quantitative estimate of drug-likeness (QED) is 0.629. The highest BCUT2D eigenvalue weighted by molar-refractivity contribution is 9.10. The Balaban J connectivity index is 2.28. The Kier molecular flexibility index (Phi) is 5.22. The Morgan fingerprint density at radius 1 is 1.20 bits per heavy atom. The Bertz CT molecular complexity index is 613. The zero-order valence-corrected chi connectivity index (χ0v) is 13.9. The summed E-state index contributed by atoms with van der Waals surface area (Å²) in [6, 6.07) is 12.4. The Morgan fingerprint density at radius 3 is 2.60 bits per heavy atom. The topological polar surface area (TPSA) is 38.0 Å². The normalized spacial score (nSPS) is 12.4. The third-order valence-corrected chi connectivity index (χ3v) is 4.69. The van der Waals surface area contributed by atoms with E-state index in [0.717, 1.165) is 16.5 Å². The van der Waals surface area contributed by atoms with Crippen LogP contribution in [0.5, 0.6) is 0 Å². The van der Waals surface area contributed by atoms with Crippen LogP contribution in [0.3, 0.4) is 0 Å². The fourth-order valence-corrected chi connectivity index (χ4v) is 2.76. The Morgan fingerprint density at radius 2 is 1.95 bits per heavy atom. The molecule has 0 aromatic heterocycles. The molecule has 0 radical (unpaired) electrons. The van der Waals surface area contributed by atoms with Crippen molar-refractivity contribution in [2.24, 2.45) is 5.84 Å². The maximum atomic E-state index is 6.04. The fraction of sp³-hybridized carbons (Fsp3) is 0.250. The molecule has 2 aromatic carbocycles. The number of halogens is 2. The van der Waals surface area contributed by atoms with Crippen molar-refractivity contribution in [3.05, 3.63) is 68.1 Å². The molecular formula is C16H18BrClN2. The highest BCUT2D eigenvalue weighted by atomic mass is 79.9. The second kappa shape index (κ2) is 6.72. The van der Waals surface area contributed by atoms with Crippen LogP contribution in [-0.4, -0.2) is 0 Å². The van der Waals surface area contributed by atoms with E-state index in [4.69, 9.17) is 17.4 Å². The molecule has 2 rings (SSSR count). The Labute approximate surface area is 133 Å². The first kappa shape index (κ1) is 15.5. The van der Waals surface area contributed by atoms with E-state index >= 15 is 0 Å². The molecule has 0 aliphatic carbocycles. The smallest absolute Gasteiger partial charge is 0.0548 e. The summed E-state index contributed by atoms with van der Waals surface area (Å²) >= 11 is 9.49. The molecule has 0 spiro atoms. The summed E-state index contributed by atoms with van der Waals surface area (Å²) in [5.74, 6) is 5.73. The number of benzene rings is 2. The molecule has 2 aromatic rings. The van der Waals surface area contributed by atoms with E-state index in [0.29, 0.717) is 5.02 Å². The molecule has 0 amide bonds. The van der Waals surface area contributed by atoms with Gasteiger partial charge in [-0.1, -0.05) is 41.4 Å². The molecule has 3 N–H and O–H groups in total. The van der Waals surface area contributed by atoms with E-state index in [1.54, 1.807) is 0 Å². The summed E-state index contributed by atoms with van der Waals surface area (Å²) in [7, 11) is 0. The Hall–Kier alpha value is -0.870. The fourth-order valence-electron chi connectivity index (χ4n) is 2.24. The van der Waals surface area contributed by atoms with Gasteiger partial charge in [-0.15, -0.1) is 0 Å². The summed E-state index contributed by atoms with van der Waals surface area (Å²) in [6.45, 7) is 4.23. The molecule has 1 atom stereocenters. The third kappa shape index (κ3) is 3.61. The number of hydrazine groups is 1. The second-order valence-electron chi connectivity index (χ2n) is 5.03. The number of nitrogens with two attached hydrogens (primary N) is 1. The monoisotopic (exact) mass is 352 g/mol. The molecule has 4 heteroatoms. The van der Waals surface area contributed by atoms with E-state index in [-0.39, 0.29) is 6.04 Å². The van der Waals surface area contributed by atoms with Crippen molar-refractivity contribution in [1.29, 1.82) is 0 Å². The SMILES string of the molecule is Cc1ccc(C)c(CC(NN)c2ccc(Cl)c(Br)c2)c1. The number of hydrogen-bond donors (Lipinski definition) is 2. The van der Waals surface area contributed by atoms with Gasteiger partial charge < -0.3 is 0 Å². The lowest BCUT2D eigenvalue weighted by atomic mass is 9.95. The lowest BCUT2D eigenvalue weighted by Crippen LogP contribution is -2.29. The third-order valence-electron chi connectivity index (χ3n) is 3.48. The number of rotatable bonds is 4. The first-order chi connectivity index (χ1) is 9.51. The lowest BCUT2D eigenvalue weighted by Gasteiger charge is -2.18. The zero-order chi connectivity index (χ0) is 14.7.